The molecule has 0 bridgehead atoms. The minimum atomic E-state index is -0.792. The molecule has 0 heterocycles. The monoisotopic (exact) mass is 498 g/mol. The van der Waals surface area contributed by atoms with Crippen molar-refractivity contribution >= 4 is 11.4 Å². The molecule has 0 fully saturated rings. The zero-order valence-electron chi connectivity index (χ0n) is 21.4. The molecule has 0 aliphatic heterocycles. The summed E-state index contributed by atoms with van der Waals surface area (Å²) in [6.45, 7) is 0. The van der Waals surface area contributed by atoms with Crippen molar-refractivity contribution in [3.63, 3.8) is 0 Å². The second kappa shape index (κ2) is 10.5. The van der Waals surface area contributed by atoms with Crippen LogP contribution in [0.2, 0.25) is 0 Å². The number of nitrogen functional groups attached to an aromatic ring is 2. The predicted molar refractivity (Wildman–Crippen MR) is 158 cm³/mol. The van der Waals surface area contributed by atoms with Crippen molar-refractivity contribution in [3.8, 4) is 0 Å². The molecule has 0 radical (unpaired) electrons. The zero-order chi connectivity index (χ0) is 26.6. The SMILES string of the molecule is Nc1cccc(CC(N)(c2ccccc2)c2cccc(C(N)(Cc3cccc(N)c3)c3ccccc3)c2)c1. The summed E-state index contributed by atoms with van der Waals surface area (Å²) in [4.78, 5) is 0. The van der Waals surface area contributed by atoms with Crippen molar-refractivity contribution in [2.75, 3.05) is 11.5 Å². The third-order valence-corrected chi connectivity index (χ3v) is 7.34. The van der Waals surface area contributed by atoms with Gasteiger partial charge in [-0.1, -0.05) is 109 Å². The van der Waals surface area contributed by atoms with Crippen LogP contribution in [0, 0.1) is 0 Å². The van der Waals surface area contributed by atoms with E-state index in [4.69, 9.17) is 22.9 Å². The van der Waals surface area contributed by atoms with Gasteiger partial charge in [-0.3, -0.25) is 0 Å². The van der Waals surface area contributed by atoms with Crippen molar-refractivity contribution < 1.29 is 0 Å². The Kier molecular flexibility index (Phi) is 7.01. The first-order valence-electron chi connectivity index (χ1n) is 12.9. The lowest BCUT2D eigenvalue weighted by Crippen LogP contribution is -2.43. The Bertz CT molecular complexity index is 1400. The minimum Gasteiger partial charge on any atom is -0.399 e. The number of nitrogens with two attached hydrogens (primary N) is 4. The maximum Gasteiger partial charge on any atom is 0.0706 e. The van der Waals surface area contributed by atoms with Crippen LogP contribution >= 0.6 is 0 Å². The Morgan fingerprint density at radius 1 is 0.395 bits per heavy atom. The molecular formula is C34H34N4. The van der Waals surface area contributed by atoms with Crippen LogP contribution in [0.5, 0.6) is 0 Å². The first kappa shape index (κ1) is 25.3. The minimum absolute atomic E-state index is 0.587. The van der Waals surface area contributed by atoms with Gasteiger partial charge in [0.1, 0.15) is 0 Å². The second-order valence-corrected chi connectivity index (χ2v) is 10.1. The smallest absolute Gasteiger partial charge is 0.0706 e. The van der Waals surface area contributed by atoms with E-state index in [0.717, 1.165) is 44.8 Å². The van der Waals surface area contributed by atoms with Gasteiger partial charge in [-0.2, -0.15) is 0 Å². The van der Waals surface area contributed by atoms with E-state index < -0.39 is 11.1 Å². The molecule has 5 aromatic carbocycles. The molecule has 4 heteroatoms. The molecule has 2 atom stereocenters. The molecule has 38 heavy (non-hydrogen) atoms. The first-order valence-corrected chi connectivity index (χ1v) is 12.9. The molecule has 8 N–H and O–H groups in total. The molecule has 190 valence electrons. The molecule has 0 amide bonds. The lowest BCUT2D eigenvalue weighted by molar-refractivity contribution is 0.517. The molecule has 2 unspecified atom stereocenters. The molecule has 0 saturated carbocycles. The van der Waals surface area contributed by atoms with E-state index in [-0.39, 0.29) is 0 Å². The fourth-order valence-electron chi connectivity index (χ4n) is 5.34. The van der Waals surface area contributed by atoms with E-state index in [0.29, 0.717) is 12.8 Å². The Balaban J connectivity index is 1.64. The van der Waals surface area contributed by atoms with Gasteiger partial charge >= 0.3 is 0 Å². The maximum atomic E-state index is 7.35. The van der Waals surface area contributed by atoms with Crippen molar-refractivity contribution in [2.45, 2.75) is 23.9 Å². The summed E-state index contributed by atoms with van der Waals surface area (Å²) in [7, 11) is 0. The third-order valence-electron chi connectivity index (χ3n) is 7.34. The van der Waals surface area contributed by atoms with E-state index in [9.17, 15) is 0 Å². The maximum absolute atomic E-state index is 7.35. The number of rotatable bonds is 8. The summed E-state index contributed by atoms with van der Waals surface area (Å²) in [5, 5.41) is 0. The predicted octanol–water partition coefficient (Wildman–Crippen LogP) is 5.74. The van der Waals surface area contributed by atoms with Crippen molar-refractivity contribution in [2.24, 2.45) is 11.5 Å². The molecular weight excluding hydrogens is 464 g/mol. The lowest BCUT2D eigenvalue weighted by Gasteiger charge is -2.35. The molecule has 0 spiro atoms. The van der Waals surface area contributed by atoms with E-state index in [1.165, 1.54) is 0 Å². The zero-order valence-corrected chi connectivity index (χ0v) is 21.4. The van der Waals surface area contributed by atoms with Crippen LogP contribution in [-0.4, -0.2) is 0 Å². The van der Waals surface area contributed by atoms with Gasteiger partial charge in [0.15, 0.2) is 0 Å². The molecule has 4 nitrogen and oxygen atoms in total. The Morgan fingerprint density at radius 2 is 0.763 bits per heavy atom. The Hall–Kier alpha value is -4.38. The van der Waals surface area contributed by atoms with Crippen molar-refractivity contribution in [1.29, 1.82) is 0 Å². The fraction of sp³-hybridized carbons (Fsp3) is 0.118. The van der Waals surface area contributed by atoms with Crippen LogP contribution in [0.25, 0.3) is 0 Å². The lowest BCUT2D eigenvalue weighted by atomic mass is 9.74. The normalized spacial score (nSPS) is 14.4. The van der Waals surface area contributed by atoms with Crippen LogP contribution in [0.15, 0.2) is 133 Å². The quantitative estimate of drug-likeness (QED) is 0.205. The standard InChI is InChI=1S/C34H34N4/c35-31-18-7-10-25(20-31)23-33(37,27-12-3-1-4-13-27)29-16-9-17-30(22-29)34(38,28-14-5-2-6-15-28)24-26-11-8-19-32(36)21-26/h1-22H,23-24,35-38H2. The van der Waals surface area contributed by atoms with Gasteiger partial charge in [-0.05, 0) is 70.5 Å². The van der Waals surface area contributed by atoms with Crippen molar-refractivity contribution in [1.82, 2.24) is 0 Å². The van der Waals surface area contributed by atoms with Crippen LogP contribution in [0.1, 0.15) is 33.4 Å². The highest BCUT2D eigenvalue weighted by Crippen LogP contribution is 2.36. The highest BCUT2D eigenvalue weighted by molar-refractivity contribution is 5.49. The molecule has 0 aliphatic rings. The van der Waals surface area contributed by atoms with E-state index in [2.05, 4.69) is 60.7 Å². The molecule has 5 rings (SSSR count). The van der Waals surface area contributed by atoms with Crippen LogP contribution < -0.4 is 22.9 Å². The van der Waals surface area contributed by atoms with E-state index in [1.807, 2.05) is 72.8 Å². The summed E-state index contributed by atoms with van der Waals surface area (Å²) in [6.07, 6.45) is 1.17. The van der Waals surface area contributed by atoms with E-state index >= 15 is 0 Å². The van der Waals surface area contributed by atoms with Crippen LogP contribution in [0.4, 0.5) is 11.4 Å². The summed E-state index contributed by atoms with van der Waals surface area (Å²) < 4.78 is 0. The average Bonchev–Trinajstić information content (AvgIpc) is 2.94. The van der Waals surface area contributed by atoms with Gasteiger partial charge in [0.2, 0.25) is 0 Å². The summed E-state index contributed by atoms with van der Waals surface area (Å²) in [5.74, 6) is 0. The molecule has 0 aromatic heterocycles. The van der Waals surface area contributed by atoms with Gasteiger partial charge in [0.05, 0.1) is 11.1 Å². The van der Waals surface area contributed by atoms with Gasteiger partial charge in [0.25, 0.3) is 0 Å². The molecule has 0 aliphatic carbocycles. The van der Waals surface area contributed by atoms with E-state index in [1.54, 1.807) is 0 Å². The summed E-state index contributed by atoms with van der Waals surface area (Å²) >= 11 is 0. The van der Waals surface area contributed by atoms with Gasteiger partial charge in [-0.25, -0.2) is 0 Å². The summed E-state index contributed by atoms with van der Waals surface area (Å²) in [5.41, 5.74) is 33.0. The number of hydrogen-bond acceptors (Lipinski definition) is 4. The number of anilines is 2. The third kappa shape index (κ3) is 5.18. The van der Waals surface area contributed by atoms with Gasteiger partial charge < -0.3 is 22.9 Å². The highest BCUT2D eigenvalue weighted by atomic mass is 14.8. The summed E-state index contributed by atoms with van der Waals surface area (Å²) in [6, 6.07) is 44.7. The highest BCUT2D eigenvalue weighted by Gasteiger charge is 2.34. The topological polar surface area (TPSA) is 104 Å². The Morgan fingerprint density at radius 3 is 1.16 bits per heavy atom. The van der Waals surface area contributed by atoms with Gasteiger partial charge in [-0.15, -0.1) is 0 Å². The molecule has 5 aromatic rings. The van der Waals surface area contributed by atoms with Crippen LogP contribution in [0.3, 0.4) is 0 Å². The van der Waals surface area contributed by atoms with Gasteiger partial charge in [0, 0.05) is 11.4 Å². The Labute approximate surface area is 224 Å². The fourth-order valence-corrected chi connectivity index (χ4v) is 5.34. The number of benzene rings is 5. The first-order chi connectivity index (χ1) is 18.4. The number of hydrogen-bond donors (Lipinski definition) is 4. The largest absolute Gasteiger partial charge is 0.399 e. The van der Waals surface area contributed by atoms with Crippen LogP contribution in [-0.2, 0) is 23.9 Å². The average molecular weight is 499 g/mol. The molecule has 0 saturated heterocycles. The second-order valence-electron chi connectivity index (χ2n) is 10.1. The van der Waals surface area contributed by atoms with Crippen molar-refractivity contribution in [3.05, 3.63) is 167 Å².